The zero-order valence-corrected chi connectivity index (χ0v) is 17.3. The number of anilines is 3. The van der Waals surface area contributed by atoms with E-state index in [2.05, 4.69) is 20.6 Å². The highest BCUT2D eigenvalue weighted by Crippen LogP contribution is 2.31. The van der Waals surface area contributed by atoms with Gasteiger partial charge in [-0.3, -0.25) is 29.6 Å². The Kier molecular flexibility index (Phi) is 5.67. The zero-order chi connectivity index (χ0) is 21.3. The molecule has 1 aliphatic rings. The average molecular weight is 399 g/mol. The summed E-state index contributed by atoms with van der Waals surface area (Å²) in [6.45, 7) is 10.0. The molecule has 3 rings (SSSR count). The van der Waals surface area contributed by atoms with E-state index in [1.54, 1.807) is 32.2 Å². The molecule has 2 aromatic heterocycles. The first-order valence-corrected chi connectivity index (χ1v) is 9.77. The molecule has 0 aromatic carbocycles. The van der Waals surface area contributed by atoms with Crippen molar-refractivity contribution in [2.24, 2.45) is 5.92 Å². The fourth-order valence-electron chi connectivity index (χ4n) is 3.15. The number of aryl methyl sites for hydroxylation is 1. The van der Waals surface area contributed by atoms with E-state index in [-0.39, 0.29) is 47.3 Å². The summed E-state index contributed by atoms with van der Waals surface area (Å²) in [7, 11) is 0. The third-order valence-corrected chi connectivity index (χ3v) is 5.09. The van der Waals surface area contributed by atoms with Gasteiger partial charge in [-0.2, -0.15) is 4.98 Å². The maximum atomic E-state index is 13.3. The van der Waals surface area contributed by atoms with Gasteiger partial charge in [0.2, 0.25) is 11.9 Å². The van der Waals surface area contributed by atoms with Crippen LogP contribution in [0.3, 0.4) is 0 Å². The molecule has 3 heterocycles. The third-order valence-electron chi connectivity index (χ3n) is 5.09. The molecule has 2 atom stereocenters. The van der Waals surface area contributed by atoms with Crippen molar-refractivity contribution in [3.63, 3.8) is 0 Å². The second-order valence-corrected chi connectivity index (χ2v) is 7.53. The smallest absolute Gasteiger partial charge is 0.278 e. The van der Waals surface area contributed by atoms with E-state index >= 15 is 0 Å². The van der Waals surface area contributed by atoms with Gasteiger partial charge in [0.15, 0.2) is 23.9 Å². The van der Waals surface area contributed by atoms with E-state index < -0.39 is 5.56 Å². The van der Waals surface area contributed by atoms with Crippen LogP contribution in [0.1, 0.15) is 45.0 Å². The van der Waals surface area contributed by atoms with E-state index in [1.807, 2.05) is 31.5 Å². The first-order chi connectivity index (χ1) is 13.7. The van der Waals surface area contributed by atoms with Gasteiger partial charge in [-0.15, -0.1) is 0 Å². The van der Waals surface area contributed by atoms with Gasteiger partial charge < -0.3 is 5.32 Å². The van der Waals surface area contributed by atoms with Crippen LogP contribution in [0.25, 0.3) is 0 Å². The van der Waals surface area contributed by atoms with Crippen LogP contribution in [0.15, 0.2) is 29.3 Å². The number of carbonyl (C=O) groups is 2. The van der Waals surface area contributed by atoms with E-state index in [1.165, 1.54) is 4.90 Å². The predicted molar refractivity (Wildman–Crippen MR) is 110 cm³/mol. The minimum atomic E-state index is -0.493. The summed E-state index contributed by atoms with van der Waals surface area (Å²) in [4.78, 5) is 46.6. The molecule has 9 nitrogen and oxygen atoms in total. The van der Waals surface area contributed by atoms with Gasteiger partial charge in [0.1, 0.15) is 12.1 Å². The highest BCUT2D eigenvalue weighted by Gasteiger charge is 2.37. The monoisotopic (exact) mass is 399 g/mol. The van der Waals surface area contributed by atoms with Crippen LogP contribution in [0.4, 0.5) is 17.5 Å². The zero-order valence-electron chi connectivity index (χ0n) is 17.3. The van der Waals surface area contributed by atoms with Gasteiger partial charge in [0.05, 0.1) is 6.04 Å². The van der Waals surface area contributed by atoms with Gasteiger partial charge >= 0.3 is 0 Å². The van der Waals surface area contributed by atoms with Crippen LogP contribution in [0, 0.1) is 5.92 Å². The van der Waals surface area contributed by atoms with Crippen molar-refractivity contribution in [1.29, 1.82) is 0 Å². The number of carbonyl (C=O) groups excluding carboxylic acids is 2. The van der Waals surface area contributed by atoms with Crippen molar-refractivity contribution in [3.8, 4) is 0 Å². The molecule has 0 fully saturated rings. The quantitative estimate of drug-likeness (QED) is 0.675. The summed E-state index contributed by atoms with van der Waals surface area (Å²) in [5.74, 6) is -0.471. The van der Waals surface area contributed by atoms with Crippen LogP contribution in [0.5, 0.6) is 0 Å². The lowest BCUT2D eigenvalue weighted by Crippen LogP contribution is -2.53. The van der Waals surface area contributed by atoms with Crippen LogP contribution < -0.4 is 25.7 Å². The molecule has 154 valence electrons. The van der Waals surface area contributed by atoms with Crippen molar-refractivity contribution in [3.05, 3.63) is 40.4 Å². The minimum absolute atomic E-state index is 0.0534. The van der Waals surface area contributed by atoms with Crippen molar-refractivity contribution in [2.45, 2.75) is 53.2 Å². The number of amides is 2. The Balaban J connectivity index is 2.05. The molecule has 2 aromatic rings. The summed E-state index contributed by atoms with van der Waals surface area (Å²) >= 11 is 0. The van der Waals surface area contributed by atoms with Crippen molar-refractivity contribution >= 4 is 29.3 Å². The highest BCUT2D eigenvalue weighted by atomic mass is 16.2. The number of nitrogens with one attached hydrogen (secondary N) is 3. The van der Waals surface area contributed by atoms with Gasteiger partial charge in [-0.05, 0) is 26.8 Å². The lowest BCUT2D eigenvalue weighted by Gasteiger charge is -2.38. The van der Waals surface area contributed by atoms with E-state index in [0.29, 0.717) is 5.56 Å². The SMILES string of the molecule is CC[n+]1cccc(C(=O)N2c3c(nc(NC(=O)C(C)C)[nH]c3=O)N[C@@H](C)[C@@H]2C)c1. The van der Waals surface area contributed by atoms with Gasteiger partial charge in [0.25, 0.3) is 11.5 Å². The Morgan fingerprint density at radius 3 is 2.72 bits per heavy atom. The standard InChI is InChI=1S/C20H26N6O3/c1-6-25-9-7-8-14(10-25)19(29)26-13(5)12(4)21-16-15(26)18(28)24-20(22-16)23-17(27)11(2)3/h7-13H,6H2,1-5H3,(H2-,21,22,23,24,27,28)/p+1/t12-,13-/m0/s1. The highest BCUT2D eigenvalue weighted by molar-refractivity contribution is 6.08. The van der Waals surface area contributed by atoms with Crippen molar-refractivity contribution in [2.75, 3.05) is 15.5 Å². The fourth-order valence-corrected chi connectivity index (χ4v) is 3.15. The van der Waals surface area contributed by atoms with E-state index in [9.17, 15) is 14.4 Å². The Morgan fingerprint density at radius 2 is 2.07 bits per heavy atom. The average Bonchev–Trinajstić information content (AvgIpc) is 2.68. The lowest BCUT2D eigenvalue weighted by atomic mass is 10.0. The summed E-state index contributed by atoms with van der Waals surface area (Å²) in [5, 5.41) is 5.77. The van der Waals surface area contributed by atoms with Gasteiger partial charge in [0, 0.05) is 18.0 Å². The minimum Gasteiger partial charge on any atom is -0.364 e. The summed E-state index contributed by atoms with van der Waals surface area (Å²) < 4.78 is 1.90. The Labute approximate surface area is 169 Å². The van der Waals surface area contributed by atoms with Crippen molar-refractivity contribution in [1.82, 2.24) is 9.97 Å². The molecule has 9 heteroatoms. The third kappa shape index (κ3) is 3.98. The molecule has 1 aliphatic heterocycles. The number of hydrogen-bond donors (Lipinski definition) is 3. The van der Waals surface area contributed by atoms with E-state index in [0.717, 1.165) is 6.54 Å². The van der Waals surface area contributed by atoms with Gasteiger partial charge in [-0.1, -0.05) is 13.8 Å². The number of aromatic amines is 1. The number of rotatable bonds is 4. The summed E-state index contributed by atoms with van der Waals surface area (Å²) in [5.41, 5.74) is 0.140. The normalized spacial score (nSPS) is 18.2. The first-order valence-electron chi connectivity index (χ1n) is 9.77. The molecule has 0 radical (unpaired) electrons. The molecule has 0 spiro atoms. The number of fused-ring (bicyclic) bond motifs is 1. The molecule has 2 amide bonds. The largest absolute Gasteiger partial charge is 0.364 e. The maximum Gasteiger partial charge on any atom is 0.278 e. The number of H-pyrrole nitrogens is 1. The molecule has 0 aliphatic carbocycles. The Morgan fingerprint density at radius 1 is 1.34 bits per heavy atom. The fraction of sp³-hybridized carbons (Fsp3) is 0.450. The molecule has 0 unspecified atom stereocenters. The maximum absolute atomic E-state index is 13.3. The van der Waals surface area contributed by atoms with Crippen LogP contribution >= 0.6 is 0 Å². The topological polar surface area (TPSA) is 111 Å². The molecule has 0 bridgehead atoms. The molecular weight excluding hydrogens is 372 g/mol. The Hall–Kier alpha value is -3.23. The molecule has 0 saturated heterocycles. The summed E-state index contributed by atoms with van der Waals surface area (Å²) in [6, 6.07) is 3.12. The van der Waals surface area contributed by atoms with E-state index in [4.69, 9.17) is 0 Å². The van der Waals surface area contributed by atoms with Crippen molar-refractivity contribution < 1.29 is 14.2 Å². The number of aromatic nitrogens is 3. The number of hydrogen-bond acceptors (Lipinski definition) is 5. The second-order valence-electron chi connectivity index (χ2n) is 7.53. The van der Waals surface area contributed by atoms with Crippen LogP contribution in [0.2, 0.25) is 0 Å². The second kappa shape index (κ2) is 8.02. The molecule has 29 heavy (non-hydrogen) atoms. The Bertz CT molecular complexity index is 1000. The first kappa shape index (κ1) is 20.5. The molecule has 0 saturated carbocycles. The lowest BCUT2D eigenvalue weighted by molar-refractivity contribution is -0.693. The molecule has 3 N–H and O–H groups in total. The van der Waals surface area contributed by atoms with Crippen LogP contribution in [-0.2, 0) is 11.3 Å². The molecular formula is C20H27N6O3+. The summed E-state index contributed by atoms with van der Waals surface area (Å²) in [6.07, 6.45) is 3.65. The predicted octanol–water partition coefficient (Wildman–Crippen LogP) is 1.52. The number of pyridine rings is 1. The number of nitrogens with zero attached hydrogens (tertiary/aromatic N) is 3. The van der Waals surface area contributed by atoms with Crippen LogP contribution in [-0.4, -0.2) is 33.9 Å². The van der Waals surface area contributed by atoms with Gasteiger partial charge in [-0.25, -0.2) is 4.57 Å².